The molecule has 7 heteroatoms. The van der Waals surface area contributed by atoms with E-state index in [1.165, 1.54) is 0 Å². The number of anilines is 1. The summed E-state index contributed by atoms with van der Waals surface area (Å²) in [6, 6.07) is 22.9. The van der Waals surface area contributed by atoms with Crippen LogP contribution in [0.2, 0.25) is 0 Å². The monoisotopic (exact) mass is 478 g/mol. The molecule has 3 rings (SSSR count). The maximum Gasteiger partial charge on any atom is 0.241 e. The molecule has 0 aliphatic rings. The number of benzene rings is 3. The average molecular weight is 479 g/mol. The second-order valence-corrected chi connectivity index (χ2v) is 8.02. The standard InChI is InChI=1S/C24H23BrN4O2/c1-15(16-7-11-19(25)12-8-16)28-23(30)21(17-5-3-2-4-6-17)24(31)29-20-13-9-18(10-14-20)22(26)27/h2-15,21H,1H3,(H3,26,27)(H,28,30)(H,29,31). The van der Waals surface area contributed by atoms with Crippen molar-refractivity contribution in [1.29, 1.82) is 5.41 Å². The van der Waals surface area contributed by atoms with E-state index in [2.05, 4.69) is 26.6 Å². The molecule has 0 aliphatic heterocycles. The highest BCUT2D eigenvalue weighted by atomic mass is 79.9. The fraction of sp³-hybridized carbons (Fsp3) is 0.125. The maximum atomic E-state index is 13.1. The lowest BCUT2D eigenvalue weighted by atomic mass is 9.96. The molecule has 0 saturated carbocycles. The third-order valence-corrected chi connectivity index (χ3v) is 5.38. The number of nitrogen functional groups attached to an aromatic ring is 1. The van der Waals surface area contributed by atoms with Crippen LogP contribution in [-0.2, 0) is 9.59 Å². The molecule has 0 aromatic heterocycles. The molecule has 0 spiro atoms. The summed E-state index contributed by atoms with van der Waals surface area (Å²) in [4.78, 5) is 26.2. The van der Waals surface area contributed by atoms with Crippen molar-refractivity contribution in [2.24, 2.45) is 5.73 Å². The number of hydrogen-bond donors (Lipinski definition) is 4. The molecule has 2 unspecified atom stereocenters. The second-order valence-electron chi connectivity index (χ2n) is 7.11. The van der Waals surface area contributed by atoms with Crippen molar-refractivity contribution >= 4 is 39.3 Å². The van der Waals surface area contributed by atoms with Crippen LogP contribution in [0.5, 0.6) is 0 Å². The van der Waals surface area contributed by atoms with Gasteiger partial charge in [0, 0.05) is 15.7 Å². The summed E-state index contributed by atoms with van der Waals surface area (Å²) in [7, 11) is 0. The minimum absolute atomic E-state index is 0.0543. The molecule has 2 atom stereocenters. The Kier molecular flexibility index (Phi) is 7.20. The summed E-state index contributed by atoms with van der Waals surface area (Å²) in [5.41, 5.74) is 8.08. The maximum absolute atomic E-state index is 13.1. The zero-order valence-corrected chi connectivity index (χ0v) is 18.5. The molecule has 3 aromatic rings. The predicted octanol–water partition coefficient (Wildman–Crippen LogP) is 4.33. The topological polar surface area (TPSA) is 108 Å². The Bertz CT molecular complexity index is 1070. The van der Waals surface area contributed by atoms with Crippen molar-refractivity contribution in [1.82, 2.24) is 5.32 Å². The molecule has 0 bridgehead atoms. The van der Waals surface area contributed by atoms with Gasteiger partial charge in [0.1, 0.15) is 11.8 Å². The minimum Gasteiger partial charge on any atom is -0.384 e. The Labute approximate surface area is 189 Å². The number of amidine groups is 1. The van der Waals surface area contributed by atoms with E-state index in [0.717, 1.165) is 10.0 Å². The molecule has 0 saturated heterocycles. The lowest BCUT2D eigenvalue weighted by Crippen LogP contribution is -2.37. The SMILES string of the molecule is CC(NC(=O)C(C(=O)Nc1ccc(C(=N)N)cc1)c1ccccc1)c1ccc(Br)cc1. The molecular weight excluding hydrogens is 456 g/mol. The molecule has 2 amide bonds. The molecule has 3 aromatic carbocycles. The first-order chi connectivity index (χ1) is 14.8. The van der Waals surface area contributed by atoms with E-state index >= 15 is 0 Å². The van der Waals surface area contributed by atoms with E-state index in [0.29, 0.717) is 16.8 Å². The third kappa shape index (κ3) is 5.79. The van der Waals surface area contributed by atoms with Crippen LogP contribution < -0.4 is 16.4 Å². The molecule has 0 fully saturated rings. The molecule has 0 heterocycles. The fourth-order valence-corrected chi connectivity index (χ4v) is 3.41. The van der Waals surface area contributed by atoms with E-state index in [9.17, 15) is 9.59 Å². The Balaban J connectivity index is 1.80. The number of nitrogens with two attached hydrogens (primary N) is 1. The first-order valence-corrected chi connectivity index (χ1v) is 10.5. The molecule has 158 valence electrons. The Morgan fingerprint density at radius 1 is 0.871 bits per heavy atom. The molecule has 5 N–H and O–H groups in total. The fourth-order valence-electron chi connectivity index (χ4n) is 3.15. The number of carbonyl (C=O) groups is 2. The number of nitrogens with one attached hydrogen (secondary N) is 3. The number of amides is 2. The lowest BCUT2D eigenvalue weighted by molar-refractivity contribution is -0.129. The molecule has 0 aliphatic carbocycles. The van der Waals surface area contributed by atoms with Gasteiger partial charge in [0.25, 0.3) is 0 Å². The van der Waals surface area contributed by atoms with Crippen molar-refractivity contribution in [3.63, 3.8) is 0 Å². The van der Waals surface area contributed by atoms with Gasteiger partial charge < -0.3 is 16.4 Å². The highest BCUT2D eigenvalue weighted by Crippen LogP contribution is 2.22. The normalized spacial score (nSPS) is 12.5. The summed E-state index contributed by atoms with van der Waals surface area (Å²) in [5, 5.41) is 13.2. The summed E-state index contributed by atoms with van der Waals surface area (Å²) in [5.74, 6) is -1.91. The van der Waals surface area contributed by atoms with Crippen molar-refractivity contribution in [2.45, 2.75) is 18.9 Å². The van der Waals surface area contributed by atoms with E-state index in [4.69, 9.17) is 11.1 Å². The largest absolute Gasteiger partial charge is 0.384 e. The number of hydrogen-bond acceptors (Lipinski definition) is 3. The van der Waals surface area contributed by atoms with Crippen molar-refractivity contribution in [3.8, 4) is 0 Å². The van der Waals surface area contributed by atoms with Gasteiger partial charge in [-0.25, -0.2) is 0 Å². The van der Waals surface area contributed by atoms with Gasteiger partial charge in [0.2, 0.25) is 11.8 Å². The highest BCUT2D eigenvalue weighted by molar-refractivity contribution is 9.10. The van der Waals surface area contributed by atoms with E-state index < -0.39 is 11.8 Å². The van der Waals surface area contributed by atoms with Gasteiger partial charge in [-0.1, -0.05) is 58.4 Å². The van der Waals surface area contributed by atoms with Crippen LogP contribution >= 0.6 is 15.9 Å². The Hall–Kier alpha value is -3.45. The van der Waals surface area contributed by atoms with Crippen LogP contribution in [0, 0.1) is 5.41 Å². The van der Waals surface area contributed by atoms with Crippen LogP contribution in [0.25, 0.3) is 0 Å². The first kappa shape index (κ1) is 22.2. The van der Waals surface area contributed by atoms with Crippen LogP contribution in [0.1, 0.15) is 35.6 Å². The van der Waals surface area contributed by atoms with Gasteiger partial charge in [-0.05, 0) is 54.4 Å². The number of rotatable bonds is 7. The number of halogens is 1. The Morgan fingerprint density at radius 3 is 2.06 bits per heavy atom. The quantitative estimate of drug-likeness (QED) is 0.230. The molecule has 0 radical (unpaired) electrons. The third-order valence-electron chi connectivity index (χ3n) is 4.85. The van der Waals surface area contributed by atoms with Crippen LogP contribution in [-0.4, -0.2) is 17.6 Å². The summed E-state index contributed by atoms with van der Waals surface area (Å²) in [6.45, 7) is 1.88. The molecule has 31 heavy (non-hydrogen) atoms. The summed E-state index contributed by atoms with van der Waals surface area (Å²) in [6.07, 6.45) is 0. The molecule has 6 nitrogen and oxygen atoms in total. The lowest BCUT2D eigenvalue weighted by Gasteiger charge is -2.21. The summed E-state index contributed by atoms with van der Waals surface area (Å²) >= 11 is 3.40. The van der Waals surface area contributed by atoms with E-state index in [-0.39, 0.29) is 17.8 Å². The van der Waals surface area contributed by atoms with E-state index in [1.807, 2.05) is 37.3 Å². The predicted molar refractivity (Wildman–Crippen MR) is 126 cm³/mol. The zero-order valence-electron chi connectivity index (χ0n) is 16.9. The van der Waals surface area contributed by atoms with Crippen LogP contribution in [0.4, 0.5) is 5.69 Å². The van der Waals surface area contributed by atoms with Crippen molar-refractivity contribution < 1.29 is 9.59 Å². The van der Waals surface area contributed by atoms with Gasteiger partial charge in [0.15, 0.2) is 0 Å². The first-order valence-electron chi connectivity index (χ1n) is 9.71. The van der Waals surface area contributed by atoms with Gasteiger partial charge in [-0.15, -0.1) is 0 Å². The van der Waals surface area contributed by atoms with Gasteiger partial charge in [0.05, 0.1) is 6.04 Å². The number of carbonyl (C=O) groups excluding carboxylic acids is 2. The second kappa shape index (κ2) is 10.0. The van der Waals surface area contributed by atoms with E-state index in [1.54, 1.807) is 48.5 Å². The Morgan fingerprint density at radius 2 is 1.48 bits per heavy atom. The average Bonchev–Trinajstić information content (AvgIpc) is 2.75. The van der Waals surface area contributed by atoms with Gasteiger partial charge in [-0.2, -0.15) is 0 Å². The van der Waals surface area contributed by atoms with Crippen LogP contribution in [0.3, 0.4) is 0 Å². The van der Waals surface area contributed by atoms with Gasteiger partial charge >= 0.3 is 0 Å². The molecular formula is C24H23BrN4O2. The smallest absolute Gasteiger partial charge is 0.241 e. The minimum atomic E-state index is -1.02. The van der Waals surface area contributed by atoms with Crippen molar-refractivity contribution in [3.05, 3.63) is 100 Å². The highest BCUT2D eigenvalue weighted by Gasteiger charge is 2.29. The van der Waals surface area contributed by atoms with Crippen LogP contribution in [0.15, 0.2) is 83.3 Å². The van der Waals surface area contributed by atoms with Crippen molar-refractivity contribution in [2.75, 3.05) is 5.32 Å². The van der Waals surface area contributed by atoms with Gasteiger partial charge in [-0.3, -0.25) is 15.0 Å². The summed E-state index contributed by atoms with van der Waals surface area (Å²) < 4.78 is 0.951. The zero-order chi connectivity index (χ0) is 22.4.